The molecule has 0 spiro atoms. The van der Waals surface area contributed by atoms with Crippen LogP contribution in [0.5, 0.6) is 11.5 Å². The van der Waals surface area contributed by atoms with E-state index in [0.717, 1.165) is 12.8 Å². The number of benzene rings is 2. The molecular formula is C24H26Cl3NO5. The van der Waals surface area contributed by atoms with Crippen molar-refractivity contribution in [1.29, 1.82) is 0 Å². The molecule has 0 aromatic heterocycles. The average molecular weight is 515 g/mol. The van der Waals surface area contributed by atoms with Gasteiger partial charge in [-0.05, 0) is 68.2 Å². The Labute approximate surface area is 208 Å². The van der Waals surface area contributed by atoms with Crippen LogP contribution in [0.3, 0.4) is 0 Å². The summed E-state index contributed by atoms with van der Waals surface area (Å²) in [6, 6.07) is 11.2. The normalized spacial score (nSPS) is 15.7. The van der Waals surface area contributed by atoms with Crippen molar-refractivity contribution in [3.05, 3.63) is 57.5 Å². The number of carbonyl (C=O) groups is 2. The number of carbonyl (C=O) groups excluding carboxylic acids is 1. The fraction of sp³-hybridized carbons (Fsp3) is 0.417. The summed E-state index contributed by atoms with van der Waals surface area (Å²) in [5.41, 5.74) is 0. The number of aliphatic carboxylic acids is 1. The minimum absolute atomic E-state index is 0.00525. The first-order chi connectivity index (χ1) is 15.8. The Morgan fingerprint density at radius 3 is 2.27 bits per heavy atom. The Balaban J connectivity index is 1.40. The molecule has 1 saturated heterocycles. The van der Waals surface area contributed by atoms with Gasteiger partial charge < -0.3 is 14.6 Å². The van der Waals surface area contributed by atoms with E-state index >= 15 is 0 Å². The molecule has 1 unspecified atom stereocenters. The zero-order valence-corrected chi connectivity index (χ0v) is 20.3. The highest BCUT2D eigenvalue weighted by molar-refractivity contribution is 6.42. The summed E-state index contributed by atoms with van der Waals surface area (Å²) >= 11 is 17.7. The van der Waals surface area contributed by atoms with Crippen molar-refractivity contribution >= 4 is 46.6 Å². The van der Waals surface area contributed by atoms with Gasteiger partial charge in [0.25, 0.3) is 0 Å². The fourth-order valence-electron chi connectivity index (χ4n) is 3.86. The highest BCUT2D eigenvalue weighted by Crippen LogP contribution is 2.27. The molecule has 0 saturated carbocycles. The van der Waals surface area contributed by atoms with Gasteiger partial charge in [0.05, 0.1) is 16.7 Å². The summed E-state index contributed by atoms with van der Waals surface area (Å²) in [6.45, 7) is 1.52. The zero-order valence-electron chi connectivity index (χ0n) is 18.0. The van der Waals surface area contributed by atoms with Gasteiger partial charge in [0.2, 0.25) is 0 Å². The van der Waals surface area contributed by atoms with Gasteiger partial charge >= 0.3 is 5.97 Å². The van der Waals surface area contributed by atoms with Crippen molar-refractivity contribution in [3.8, 4) is 11.5 Å². The van der Waals surface area contributed by atoms with Crippen LogP contribution in [0.4, 0.5) is 0 Å². The molecule has 0 amide bonds. The minimum Gasteiger partial charge on any atom is -0.494 e. The molecule has 1 fully saturated rings. The second-order valence-corrected chi connectivity index (χ2v) is 9.28. The maximum absolute atomic E-state index is 12.3. The quantitative estimate of drug-likeness (QED) is 0.419. The molecule has 1 heterocycles. The molecule has 9 heteroatoms. The van der Waals surface area contributed by atoms with Crippen molar-refractivity contribution in [2.45, 2.75) is 31.7 Å². The second kappa shape index (κ2) is 12.5. The summed E-state index contributed by atoms with van der Waals surface area (Å²) in [6.07, 6.45) is 2.31. The summed E-state index contributed by atoms with van der Waals surface area (Å²) in [7, 11) is 0. The average Bonchev–Trinajstić information content (AvgIpc) is 2.79. The third-order valence-corrected chi connectivity index (χ3v) is 6.65. The monoisotopic (exact) mass is 513 g/mol. The summed E-state index contributed by atoms with van der Waals surface area (Å²) < 4.78 is 11.2. The van der Waals surface area contributed by atoms with Crippen LogP contribution in [-0.2, 0) is 9.59 Å². The molecule has 178 valence electrons. The molecule has 3 rings (SSSR count). The number of Topliss-reactive ketones (excluding diaryl/α,β-unsaturated/α-hetero) is 1. The second-order valence-electron chi connectivity index (χ2n) is 8.03. The van der Waals surface area contributed by atoms with Crippen molar-refractivity contribution in [2.24, 2.45) is 5.92 Å². The molecular weight excluding hydrogens is 489 g/mol. The van der Waals surface area contributed by atoms with Gasteiger partial charge in [-0.2, -0.15) is 0 Å². The molecule has 6 nitrogen and oxygen atoms in total. The summed E-state index contributed by atoms with van der Waals surface area (Å²) in [5.74, 6) is 0.511. The van der Waals surface area contributed by atoms with E-state index in [2.05, 4.69) is 0 Å². The van der Waals surface area contributed by atoms with Crippen molar-refractivity contribution < 1.29 is 24.2 Å². The fourth-order valence-corrected chi connectivity index (χ4v) is 4.28. The Morgan fingerprint density at radius 1 is 0.970 bits per heavy atom. The van der Waals surface area contributed by atoms with E-state index in [9.17, 15) is 14.7 Å². The molecule has 0 aliphatic carbocycles. The first-order valence-electron chi connectivity index (χ1n) is 10.8. The third-order valence-electron chi connectivity index (χ3n) is 5.66. The van der Waals surface area contributed by atoms with Crippen LogP contribution in [0, 0.1) is 5.92 Å². The number of halogens is 3. The number of ether oxygens (including phenoxy) is 2. The molecule has 0 bridgehead atoms. The largest absolute Gasteiger partial charge is 0.494 e. The van der Waals surface area contributed by atoms with E-state index in [4.69, 9.17) is 44.3 Å². The number of hydrogen-bond acceptors (Lipinski definition) is 5. The van der Waals surface area contributed by atoms with Crippen molar-refractivity contribution in [2.75, 3.05) is 26.3 Å². The highest BCUT2D eigenvalue weighted by Gasteiger charge is 2.30. The third kappa shape index (κ3) is 8.07. The van der Waals surface area contributed by atoms with Crippen molar-refractivity contribution in [1.82, 2.24) is 4.90 Å². The molecule has 1 N–H and O–H groups in total. The lowest BCUT2D eigenvalue weighted by molar-refractivity contribution is -0.144. The smallest absolute Gasteiger partial charge is 0.321 e. The minimum atomic E-state index is -0.862. The topological polar surface area (TPSA) is 76.1 Å². The van der Waals surface area contributed by atoms with Crippen LogP contribution < -0.4 is 9.47 Å². The molecule has 0 radical (unpaired) electrons. The number of likely N-dealkylation sites (tertiary alicyclic amines) is 1. The number of rotatable bonds is 11. The number of carboxylic acids is 1. The maximum Gasteiger partial charge on any atom is 0.321 e. The first-order valence-corrected chi connectivity index (χ1v) is 11.9. The lowest BCUT2D eigenvalue weighted by Gasteiger charge is -2.35. The zero-order chi connectivity index (χ0) is 23.8. The van der Waals surface area contributed by atoms with Crippen LogP contribution in [0.25, 0.3) is 0 Å². The number of piperidine rings is 1. The van der Waals surface area contributed by atoms with Gasteiger partial charge in [-0.3, -0.25) is 14.5 Å². The van der Waals surface area contributed by atoms with Crippen molar-refractivity contribution in [3.63, 3.8) is 0 Å². The molecule has 1 atom stereocenters. The molecule has 33 heavy (non-hydrogen) atoms. The van der Waals surface area contributed by atoms with Gasteiger partial charge in [-0.25, -0.2) is 0 Å². The van der Waals surface area contributed by atoms with Crippen LogP contribution in [0.2, 0.25) is 15.1 Å². The van der Waals surface area contributed by atoms with Crippen LogP contribution >= 0.6 is 34.8 Å². The van der Waals surface area contributed by atoms with Gasteiger partial charge in [0.1, 0.15) is 24.1 Å². The SMILES string of the molecule is O=C(COc1ccc(Cl)c(Cl)c1)CC1CCN(C(CCOc2ccc(Cl)cc2)C(=O)O)CC1. The van der Waals surface area contributed by atoms with Gasteiger partial charge in [-0.1, -0.05) is 34.8 Å². The standard InChI is InChI=1S/C24H26Cl3NO5/c25-17-1-3-19(4-2-17)32-12-9-23(24(30)31)28-10-7-16(8-11-28)13-18(29)15-33-20-5-6-21(26)22(27)14-20/h1-6,14,16,23H,7-13,15H2,(H,30,31). The molecule has 2 aromatic carbocycles. The van der Waals surface area contributed by atoms with Gasteiger partial charge in [0.15, 0.2) is 5.78 Å². The van der Waals surface area contributed by atoms with E-state index in [1.165, 1.54) is 0 Å². The number of ketones is 1. The lowest BCUT2D eigenvalue weighted by atomic mass is 9.91. The van der Waals surface area contributed by atoms with E-state index in [1.807, 2.05) is 4.90 Å². The Bertz CT molecular complexity index is 946. The lowest BCUT2D eigenvalue weighted by Crippen LogP contribution is -2.46. The van der Waals surface area contributed by atoms with E-state index in [1.54, 1.807) is 42.5 Å². The van der Waals surface area contributed by atoms with E-state index in [0.29, 0.717) is 59.1 Å². The number of nitrogens with zero attached hydrogens (tertiary/aromatic N) is 1. The Hall–Kier alpha value is -1.99. The predicted molar refractivity (Wildman–Crippen MR) is 129 cm³/mol. The van der Waals surface area contributed by atoms with Crippen LogP contribution in [0.15, 0.2) is 42.5 Å². The molecule has 2 aromatic rings. The van der Waals surface area contributed by atoms with Crippen LogP contribution in [-0.4, -0.2) is 54.1 Å². The van der Waals surface area contributed by atoms with Gasteiger partial charge in [-0.15, -0.1) is 0 Å². The van der Waals surface area contributed by atoms with E-state index in [-0.39, 0.29) is 18.3 Å². The summed E-state index contributed by atoms with van der Waals surface area (Å²) in [5, 5.41) is 11.1. The summed E-state index contributed by atoms with van der Waals surface area (Å²) in [4.78, 5) is 26.1. The molecule has 1 aliphatic rings. The van der Waals surface area contributed by atoms with Crippen LogP contribution in [0.1, 0.15) is 25.7 Å². The number of hydrogen-bond donors (Lipinski definition) is 1. The predicted octanol–water partition coefficient (Wildman–Crippen LogP) is 5.62. The Kier molecular flexibility index (Phi) is 9.68. The van der Waals surface area contributed by atoms with Gasteiger partial charge in [0, 0.05) is 23.9 Å². The maximum atomic E-state index is 12.3. The Morgan fingerprint density at radius 2 is 1.64 bits per heavy atom. The molecule has 1 aliphatic heterocycles. The highest BCUT2D eigenvalue weighted by atomic mass is 35.5. The number of carboxylic acid groups (broad SMARTS) is 1. The van der Waals surface area contributed by atoms with E-state index < -0.39 is 12.0 Å². The first kappa shape index (κ1) is 25.6.